The van der Waals surface area contributed by atoms with Crippen LogP contribution >= 0.6 is 0 Å². The molecule has 2 rings (SSSR count). The summed E-state index contributed by atoms with van der Waals surface area (Å²) in [5, 5.41) is 12.5. The van der Waals surface area contributed by atoms with E-state index in [1.54, 1.807) is 0 Å². The normalized spacial score (nSPS) is 18.2. The Kier molecular flexibility index (Phi) is 4.78. The van der Waals surface area contributed by atoms with Gasteiger partial charge in [0.15, 0.2) is 0 Å². The Morgan fingerprint density at radius 3 is 2.83 bits per heavy atom. The maximum Gasteiger partial charge on any atom is 0.0991 e. The monoisotopic (exact) mass is 242 g/mol. The second kappa shape index (κ2) is 6.56. The summed E-state index contributed by atoms with van der Waals surface area (Å²) >= 11 is 0. The topological polar surface area (TPSA) is 35.8 Å². The van der Waals surface area contributed by atoms with Gasteiger partial charge in [-0.15, -0.1) is 0 Å². The third kappa shape index (κ3) is 3.58. The smallest absolute Gasteiger partial charge is 0.0991 e. The quantitative estimate of drug-likeness (QED) is 0.875. The van der Waals surface area contributed by atoms with Crippen molar-refractivity contribution in [2.45, 2.75) is 51.6 Å². The zero-order valence-corrected chi connectivity index (χ0v) is 11.2. The Labute approximate surface area is 110 Å². The van der Waals surface area contributed by atoms with Gasteiger partial charge in [-0.25, -0.2) is 0 Å². The molecule has 1 aromatic rings. The number of nitrogens with zero attached hydrogens (tertiary/aromatic N) is 1. The van der Waals surface area contributed by atoms with Gasteiger partial charge in [-0.05, 0) is 43.4 Å². The number of nitrogens with one attached hydrogen (secondary N) is 1. The third-order valence-electron chi connectivity index (χ3n) is 4.04. The van der Waals surface area contributed by atoms with Crippen molar-refractivity contribution in [3.05, 3.63) is 35.4 Å². The first-order valence-electron chi connectivity index (χ1n) is 7.02. The second-order valence-electron chi connectivity index (χ2n) is 5.38. The van der Waals surface area contributed by atoms with Crippen LogP contribution in [0, 0.1) is 17.2 Å². The lowest BCUT2D eigenvalue weighted by Gasteiger charge is -2.28. The minimum absolute atomic E-state index is 0.580. The van der Waals surface area contributed by atoms with Crippen LogP contribution < -0.4 is 5.32 Å². The van der Waals surface area contributed by atoms with E-state index in [2.05, 4.69) is 24.4 Å². The summed E-state index contributed by atoms with van der Waals surface area (Å²) in [6, 6.07) is 10.6. The predicted octanol–water partition coefficient (Wildman–Crippen LogP) is 3.62. The van der Waals surface area contributed by atoms with Crippen LogP contribution in [-0.4, -0.2) is 6.04 Å². The number of hydrogen-bond donors (Lipinski definition) is 1. The molecule has 0 amide bonds. The molecule has 0 aliphatic heterocycles. The van der Waals surface area contributed by atoms with Gasteiger partial charge in [0.2, 0.25) is 0 Å². The maximum absolute atomic E-state index is 8.87. The van der Waals surface area contributed by atoms with Crippen LogP contribution in [0.2, 0.25) is 0 Å². The highest BCUT2D eigenvalue weighted by Crippen LogP contribution is 2.26. The average Bonchev–Trinajstić information content (AvgIpc) is 2.46. The van der Waals surface area contributed by atoms with Gasteiger partial charge in [-0.3, -0.25) is 0 Å². The fourth-order valence-electron chi connectivity index (χ4n) is 2.83. The Bertz CT molecular complexity index is 413. The van der Waals surface area contributed by atoms with Gasteiger partial charge < -0.3 is 5.32 Å². The van der Waals surface area contributed by atoms with Gasteiger partial charge in [0, 0.05) is 12.6 Å². The van der Waals surface area contributed by atoms with E-state index in [1.807, 2.05) is 18.2 Å². The van der Waals surface area contributed by atoms with E-state index < -0.39 is 0 Å². The van der Waals surface area contributed by atoms with Crippen molar-refractivity contribution >= 4 is 0 Å². The van der Waals surface area contributed by atoms with Gasteiger partial charge in [0.25, 0.3) is 0 Å². The van der Waals surface area contributed by atoms with Crippen molar-refractivity contribution in [2.75, 3.05) is 0 Å². The highest BCUT2D eigenvalue weighted by Gasteiger charge is 2.19. The molecule has 0 heterocycles. The molecule has 1 aliphatic rings. The fourth-order valence-corrected chi connectivity index (χ4v) is 2.83. The molecule has 18 heavy (non-hydrogen) atoms. The highest BCUT2D eigenvalue weighted by atomic mass is 14.9. The molecule has 0 bridgehead atoms. The minimum atomic E-state index is 0.580. The number of nitriles is 1. The van der Waals surface area contributed by atoms with Crippen molar-refractivity contribution in [3.8, 4) is 6.07 Å². The van der Waals surface area contributed by atoms with Crippen LogP contribution in [0.25, 0.3) is 0 Å². The first kappa shape index (κ1) is 13.1. The molecular weight excluding hydrogens is 220 g/mol. The summed E-state index contributed by atoms with van der Waals surface area (Å²) in [5.74, 6) is 0.831. The Morgan fingerprint density at radius 2 is 2.11 bits per heavy atom. The molecule has 1 saturated carbocycles. The van der Waals surface area contributed by atoms with Crippen LogP contribution in [0.1, 0.15) is 50.2 Å². The molecule has 0 spiro atoms. The van der Waals surface area contributed by atoms with Crippen molar-refractivity contribution < 1.29 is 0 Å². The SMILES string of the molecule is CC(NCc1cccc(C#N)c1)C1CCCCC1. The second-order valence-corrected chi connectivity index (χ2v) is 5.38. The zero-order valence-electron chi connectivity index (χ0n) is 11.2. The summed E-state index contributed by atoms with van der Waals surface area (Å²) < 4.78 is 0. The molecule has 2 nitrogen and oxygen atoms in total. The molecule has 0 saturated heterocycles. The largest absolute Gasteiger partial charge is 0.310 e. The van der Waals surface area contributed by atoms with E-state index in [9.17, 15) is 0 Å². The van der Waals surface area contributed by atoms with E-state index in [0.29, 0.717) is 6.04 Å². The first-order chi connectivity index (χ1) is 8.79. The van der Waals surface area contributed by atoms with Crippen LogP contribution in [-0.2, 0) is 6.54 Å². The fraction of sp³-hybridized carbons (Fsp3) is 0.562. The maximum atomic E-state index is 8.87. The summed E-state index contributed by atoms with van der Waals surface area (Å²) in [6.07, 6.45) is 6.92. The molecule has 1 N–H and O–H groups in total. The van der Waals surface area contributed by atoms with E-state index in [0.717, 1.165) is 18.0 Å². The average molecular weight is 242 g/mol. The van der Waals surface area contributed by atoms with Crippen LogP contribution in [0.3, 0.4) is 0 Å². The summed E-state index contributed by atoms with van der Waals surface area (Å²) in [5.41, 5.74) is 1.95. The summed E-state index contributed by atoms with van der Waals surface area (Å²) in [4.78, 5) is 0. The van der Waals surface area contributed by atoms with Gasteiger partial charge >= 0.3 is 0 Å². The molecular formula is C16H22N2. The van der Waals surface area contributed by atoms with Crippen molar-refractivity contribution in [1.29, 1.82) is 5.26 Å². The molecule has 1 fully saturated rings. The lowest BCUT2D eigenvalue weighted by atomic mass is 9.84. The third-order valence-corrected chi connectivity index (χ3v) is 4.04. The summed E-state index contributed by atoms with van der Waals surface area (Å²) in [7, 11) is 0. The molecule has 1 unspecified atom stereocenters. The Balaban J connectivity index is 1.84. The number of benzene rings is 1. The molecule has 2 heteroatoms. The van der Waals surface area contributed by atoms with Gasteiger partial charge in [-0.1, -0.05) is 31.4 Å². The van der Waals surface area contributed by atoms with Crippen LogP contribution in [0.15, 0.2) is 24.3 Å². The Hall–Kier alpha value is -1.33. The van der Waals surface area contributed by atoms with E-state index in [-0.39, 0.29) is 0 Å². The first-order valence-corrected chi connectivity index (χ1v) is 7.02. The lowest BCUT2D eigenvalue weighted by Crippen LogP contribution is -2.34. The molecule has 1 aromatic carbocycles. The Morgan fingerprint density at radius 1 is 1.33 bits per heavy atom. The summed E-state index contributed by atoms with van der Waals surface area (Å²) in [6.45, 7) is 3.16. The molecule has 0 aromatic heterocycles. The van der Waals surface area contributed by atoms with Crippen LogP contribution in [0.5, 0.6) is 0 Å². The standard InChI is InChI=1S/C16H22N2/c1-13(16-8-3-2-4-9-16)18-12-15-7-5-6-14(10-15)11-17/h5-7,10,13,16,18H,2-4,8-9,12H2,1H3. The molecule has 1 aliphatic carbocycles. The van der Waals surface area contributed by atoms with Gasteiger partial charge in [0.05, 0.1) is 11.6 Å². The molecule has 0 radical (unpaired) electrons. The highest BCUT2D eigenvalue weighted by molar-refractivity contribution is 5.32. The van der Waals surface area contributed by atoms with Crippen molar-refractivity contribution in [3.63, 3.8) is 0 Å². The molecule has 96 valence electrons. The van der Waals surface area contributed by atoms with E-state index in [1.165, 1.54) is 37.7 Å². The number of rotatable bonds is 4. The van der Waals surface area contributed by atoms with Gasteiger partial charge in [0.1, 0.15) is 0 Å². The van der Waals surface area contributed by atoms with E-state index in [4.69, 9.17) is 5.26 Å². The molecule has 1 atom stereocenters. The minimum Gasteiger partial charge on any atom is -0.310 e. The zero-order chi connectivity index (χ0) is 12.8. The predicted molar refractivity (Wildman–Crippen MR) is 74.0 cm³/mol. The number of hydrogen-bond acceptors (Lipinski definition) is 2. The van der Waals surface area contributed by atoms with E-state index >= 15 is 0 Å². The van der Waals surface area contributed by atoms with Crippen LogP contribution in [0.4, 0.5) is 0 Å². The lowest BCUT2D eigenvalue weighted by molar-refractivity contribution is 0.280. The van der Waals surface area contributed by atoms with Crippen molar-refractivity contribution in [2.24, 2.45) is 5.92 Å². The van der Waals surface area contributed by atoms with Crippen molar-refractivity contribution in [1.82, 2.24) is 5.32 Å². The van der Waals surface area contributed by atoms with Gasteiger partial charge in [-0.2, -0.15) is 5.26 Å².